The van der Waals surface area contributed by atoms with Gasteiger partial charge in [-0.05, 0) is 0 Å². The standard InChI is InChI=1S/C7H7N5O2/c1-11-6(12-3-8-9-4-12)5(2-10-11)7(13)14/h2-4H,1H3,(H,13,14). The number of aromatic nitrogens is 5. The van der Waals surface area contributed by atoms with Crippen LogP contribution in [0.5, 0.6) is 0 Å². The summed E-state index contributed by atoms with van der Waals surface area (Å²) in [5.41, 5.74) is 0.118. The minimum absolute atomic E-state index is 0.118. The van der Waals surface area contributed by atoms with Gasteiger partial charge in [-0.2, -0.15) is 5.10 Å². The van der Waals surface area contributed by atoms with Gasteiger partial charge < -0.3 is 5.11 Å². The van der Waals surface area contributed by atoms with E-state index in [1.165, 1.54) is 28.1 Å². The van der Waals surface area contributed by atoms with Crippen LogP contribution in [0.25, 0.3) is 5.82 Å². The lowest BCUT2D eigenvalue weighted by molar-refractivity contribution is 0.0697. The maximum absolute atomic E-state index is 10.8. The predicted octanol–water partition coefficient (Wildman–Crippen LogP) is -0.301. The van der Waals surface area contributed by atoms with Gasteiger partial charge in [0.25, 0.3) is 0 Å². The molecule has 0 aromatic carbocycles. The molecule has 1 N–H and O–H groups in total. The average Bonchev–Trinajstić information content (AvgIpc) is 2.71. The number of rotatable bonds is 2. The maximum Gasteiger partial charge on any atom is 0.341 e. The fraction of sp³-hybridized carbons (Fsp3) is 0.143. The van der Waals surface area contributed by atoms with E-state index in [1.54, 1.807) is 7.05 Å². The largest absolute Gasteiger partial charge is 0.477 e. The highest BCUT2D eigenvalue weighted by molar-refractivity contribution is 5.90. The van der Waals surface area contributed by atoms with Crippen LogP contribution in [0.1, 0.15) is 10.4 Å². The minimum atomic E-state index is -1.03. The third-order valence-electron chi connectivity index (χ3n) is 1.80. The van der Waals surface area contributed by atoms with Gasteiger partial charge in [-0.1, -0.05) is 0 Å². The van der Waals surface area contributed by atoms with Gasteiger partial charge in [0, 0.05) is 7.05 Å². The van der Waals surface area contributed by atoms with Gasteiger partial charge in [-0.15, -0.1) is 10.2 Å². The molecule has 0 radical (unpaired) electrons. The molecule has 0 unspecified atom stereocenters. The molecule has 2 heterocycles. The lowest BCUT2D eigenvalue weighted by Gasteiger charge is -2.02. The Hall–Kier alpha value is -2.18. The van der Waals surface area contributed by atoms with Gasteiger partial charge in [-0.3, -0.25) is 9.25 Å². The van der Waals surface area contributed by atoms with Crippen molar-refractivity contribution < 1.29 is 9.90 Å². The van der Waals surface area contributed by atoms with Crippen molar-refractivity contribution in [2.45, 2.75) is 0 Å². The Bertz CT molecular complexity index is 458. The SMILES string of the molecule is Cn1ncc(C(=O)O)c1-n1cnnc1. The van der Waals surface area contributed by atoms with Crippen LogP contribution in [0.3, 0.4) is 0 Å². The third kappa shape index (κ3) is 1.15. The van der Waals surface area contributed by atoms with Crippen molar-refractivity contribution in [2.24, 2.45) is 7.05 Å². The zero-order chi connectivity index (χ0) is 10.1. The molecule has 2 aromatic rings. The third-order valence-corrected chi connectivity index (χ3v) is 1.80. The lowest BCUT2D eigenvalue weighted by atomic mass is 10.3. The van der Waals surface area contributed by atoms with Gasteiger partial charge in [-0.25, -0.2) is 4.79 Å². The first-order chi connectivity index (χ1) is 6.70. The fourth-order valence-electron chi connectivity index (χ4n) is 1.20. The van der Waals surface area contributed by atoms with Crippen LogP contribution in [0.4, 0.5) is 0 Å². The minimum Gasteiger partial charge on any atom is -0.477 e. The summed E-state index contributed by atoms with van der Waals surface area (Å²) in [6, 6.07) is 0. The predicted molar refractivity (Wildman–Crippen MR) is 45.1 cm³/mol. The molecule has 0 fully saturated rings. The van der Waals surface area contributed by atoms with Gasteiger partial charge in [0.1, 0.15) is 18.2 Å². The van der Waals surface area contributed by atoms with Crippen LogP contribution in [0.2, 0.25) is 0 Å². The number of aromatic carboxylic acids is 1. The average molecular weight is 193 g/mol. The van der Waals surface area contributed by atoms with Crippen LogP contribution in [0, 0.1) is 0 Å². The molecule has 0 amide bonds. The number of aryl methyl sites for hydroxylation is 1. The topological polar surface area (TPSA) is 85.8 Å². The van der Waals surface area contributed by atoms with Crippen LogP contribution < -0.4 is 0 Å². The molecule has 0 bridgehead atoms. The second-order valence-corrected chi connectivity index (χ2v) is 2.68. The van der Waals surface area contributed by atoms with E-state index in [0.29, 0.717) is 5.82 Å². The first-order valence-electron chi connectivity index (χ1n) is 3.80. The molecule has 2 aromatic heterocycles. The smallest absolute Gasteiger partial charge is 0.341 e. The van der Waals surface area contributed by atoms with E-state index < -0.39 is 5.97 Å². The molecule has 0 spiro atoms. The zero-order valence-corrected chi connectivity index (χ0v) is 7.32. The summed E-state index contributed by atoms with van der Waals surface area (Å²) in [5, 5.41) is 19.9. The molecule has 72 valence electrons. The second-order valence-electron chi connectivity index (χ2n) is 2.68. The van der Waals surface area contributed by atoms with Crippen molar-refractivity contribution in [3.63, 3.8) is 0 Å². The maximum atomic E-state index is 10.8. The van der Waals surface area contributed by atoms with Crippen molar-refractivity contribution in [1.29, 1.82) is 0 Å². The molecule has 7 heteroatoms. The zero-order valence-electron chi connectivity index (χ0n) is 7.32. The molecule has 0 saturated carbocycles. The first-order valence-corrected chi connectivity index (χ1v) is 3.80. The highest BCUT2D eigenvalue weighted by atomic mass is 16.4. The normalized spacial score (nSPS) is 10.4. The van der Waals surface area contributed by atoms with E-state index in [9.17, 15) is 4.79 Å². The van der Waals surface area contributed by atoms with E-state index in [4.69, 9.17) is 5.11 Å². The summed E-state index contributed by atoms with van der Waals surface area (Å²) in [4.78, 5) is 10.8. The van der Waals surface area contributed by atoms with Crippen LogP contribution in [-0.4, -0.2) is 35.6 Å². The molecule has 7 nitrogen and oxygen atoms in total. The van der Waals surface area contributed by atoms with Crippen LogP contribution in [-0.2, 0) is 7.05 Å². The van der Waals surface area contributed by atoms with E-state index in [2.05, 4.69) is 15.3 Å². The van der Waals surface area contributed by atoms with Crippen molar-refractivity contribution >= 4 is 5.97 Å². The number of nitrogens with zero attached hydrogens (tertiary/aromatic N) is 5. The Morgan fingerprint density at radius 3 is 2.64 bits per heavy atom. The molecule has 0 atom stereocenters. The molecular weight excluding hydrogens is 186 g/mol. The van der Waals surface area contributed by atoms with Gasteiger partial charge >= 0.3 is 5.97 Å². The summed E-state index contributed by atoms with van der Waals surface area (Å²) >= 11 is 0. The molecule has 0 aliphatic rings. The van der Waals surface area contributed by atoms with Gasteiger partial charge in [0.05, 0.1) is 6.20 Å². The monoisotopic (exact) mass is 193 g/mol. The molecule has 14 heavy (non-hydrogen) atoms. The second kappa shape index (κ2) is 2.95. The molecule has 0 saturated heterocycles. The van der Waals surface area contributed by atoms with Crippen LogP contribution >= 0.6 is 0 Å². The van der Waals surface area contributed by atoms with Crippen LogP contribution in [0.15, 0.2) is 18.9 Å². The van der Waals surface area contributed by atoms with Gasteiger partial charge in [0.2, 0.25) is 0 Å². The Morgan fingerprint density at radius 1 is 1.43 bits per heavy atom. The van der Waals surface area contributed by atoms with E-state index in [1.807, 2.05) is 0 Å². The summed E-state index contributed by atoms with van der Waals surface area (Å²) in [6.07, 6.45) is 4.13. The first kappa shape index (κ1) is 8.42. The highest BCUT2D eigenvalue weighted by Gasteiger charge is 2.16. The molecule has 0 aliphatic heterocycles. The van der Waals surface area contributed by atoms with E-state index in [-0.39, 0.29) is 5.56 Å². The molecular formula is C7H7N5O2. The molecule has 2 rings (SSSR count). The Balaban J connectivity index is 2.62. The Morgan fingerprint density at radius 2 is 2.07 bits per heavy atom. The Labute approximate surface area is 78.6 Å². The van der Waals surface area contributed by atoms with Crippen molar-refractivity contribution in [3.8, 4) is 5.82 Å². The van der Waals surface area contributed by atoms with E-state index >= 15 is 0 Å². The fourth-order valence-corrected chi connectivity index (χ4v) is 1.20. The number of carboxylic acids is 1. The van der Waals surface area contributed by atoms with Gasteiger partial charge in [0.15, 0.2) is 5.82 Å². The van der Waals surface area contributed by atoms with Crippen molar-refractivity contribution in [1.82, 2.24) is 24.5 Å². The quantitative estimate of drug-likeness (QED) is 0.707. The summed E-state index contributed by atoms with van der Waals surface area (Å²) in [6.45, 7) is 0. The number of carboxylic acid groups (broad SMARTS) is 1. The number of hydrogen-bond donors (Lipinski definition) is 1. The van der Waals surface area contributed by atoms with Crippen molar-refractivity contribution in [2.75, 3.05) is 0 Å². The summed E-state index contributed by atoms with van der Waals surface area (Å²) < 4.78 is 2.95. The summed E-state index contributed by atoms with van der Waals surface area (Å²) in [7, 11) is 1.65. The lowest BCUT2D eigenvalue weighted by Crippen LogP contribution is -2.06. The highest BCUT2D eigenvalue weighted by Crippen LogP contribution is 2.11. The number of hydrogen-bond acceptors (Lipinski definition) is 4. The summed E-state index contributed by atoms with van der Waals surface area (Å²) in [5.74, 6) is -0.593. The molecule has 0 aliphatic carbocycles. The van der Waals surface area contributed by atoms with Crippen molar-refractivity contribution in [3.05, 3.63) is 24.4 Å². The number of carbonyl (C=O) groups is 1. The van der Waals surface area contributed by atoms with E-state index in [0.717, 1.165) is 0 Å². The Kier molecular flexibility index (Phi) is 1.77.